The summed E-state index contributed by atoms with van der Waals surface area (Å²) in [6.07, 6.45) is 0. The van der Waals surface area contributed by atoms with Crippen molar-refractivity contribution in [2.45, 2.75) is 13.0 Å². The Kier molecular flexibility index (Phi) is 6.11. The molecule has 21 heavy (non-hydrogen) atoms. The van der Waals surface area contributed by atoms with Gasteiger partial charge in [-0.15, -0.1) is 0 Å². The summed E-state index contributed by atoms with van der Waals surface area (Å²) in [5, 5.41) is 8.95. The van der Waals surface area contributed by atoms with Crippen molar-refractivity contribution in [1.82, 2.24) is 9.80 Å². The van der Waals surface area contributed by atoms with E-state index in [-0.39, 0.29) is 24.4 Å². The monoisotopic (exact) mass is 295 g/mol. The van der Waals surface area contributed by atoms with Crippen LogP contribution in [0.25, 0.3) is 0 Å². The summed E-state index contributed by atoms with van der Waals surface area (Å²) < 4.78 is 13.8. The molecule has 4 nitrogen and oxygen atoms in total. The molecule has 2 unspecified atom stereocenters. The van der Waals surface area contributed by atoms with Crippen LogP contribution >= 0.6 is 0 Å². The Hall–Kier alpha value is -1.01. The van der Waals surface area contributed by atoms with Gasteiger partial charge in [0.2, 0.25) is 0 Å². The predicted octanol–water partition coefficient (Wildman–Crippen LogP) is 1.07. The average molecular weight is 295 g/mol. The second kappa shape index (κ2) is 7.84. The number of nitrogens with two attached hydrogens (primary N) is 1. The van der Waals surface area contributed by atoms with Crippen LogP contribution in [0.5, 0.6) is 0 Å². The van der Waals surface area contributed by atoms with Gasteiger partial charge in [-0.05, 0) is 12.0 Å². The number of hydrogen-bond donors (Lipinski definition) is 2. The number of hydrogen-bond acceptors (Lipinski definition) is 4. The zero-order chi connectivity index (χ0) is 15.2. The molecular weight excluding hydrogens is 269 g/mol. The fraction of sp³-hybridized carbons (Fsp3) is 0.625. The summed E-state index contributed by atoms with van der Waals surface area (Å²) in [4.78, 5) is 4.64. The van der Waals surface area contributed by atoms with Gasteiger partial charge in [0.15, 0.2) is 0 Å². The smallest absolute Gasteiger partial charge is 0.127 e. The highest BCUT2D eigenvalue weighted by atomic mass is 19.1. The third-order valence-corrected chi connectivity index (χ3v) is 4.30. The van der Waals surface area contributed by atoms with E-state index >= 15 is 0 Å². The summed E-state index contributed by atoms with van der Waals surface area (Å²) in [5.74, 6) is -0.0177. The van der Waals surface area contributed by atoms with Crippen LogP contribution in [0.15, 0.2) is 24.3 Å². The van der Waals surface area contributed by atoms with Crippen molar-refractivity contribution < 1.29 is 9.50 Å². The van der Waals surface area contributed by atoms with Gasteiger partial charge in [-0.2, -0.15) is 0 Å². The van der Waals surface area contributed by atoms with Crippen LogP contribution in [-0.4, -0.2) is 60.8 Å². The first-order chi connectivity index (χ1) is 10.1. The molecule has 118 valence electrons. The zero-order valence-electron chi connectivity index (χ0n) is 12.7. The van der Waals surface area contributed by atoms with Crippen molar-refractivity contribution in [3.05, 3.63) is 35.6 Å². The fourth-order valence-electron chi connectivity index (χ4n) is 2.91. The average Bonchev–Trinajstić information content (AvgIpc) is 2.49. The Morgan fingerprint density at radius 3 is 2.43 bits per heavy atom. The normalized spacial score (nSPS) is 20.4. The molecule has 1 aromatic rings. The minimum Gasteiger partial charge on any atom is -0.395 e. The number of benzene rings is 1. The third kappa shape index (κ3) is 4.48. The van der Waals surface area contributed by atoms with E-state index in [1.165, 1.54) is 6.07 Å². The fourth-order valence-corrected chi connectivity index (χ4v) is 2.91. The summed E-state index contributed by atoms with van der Waals surface area (Å²) in [6.45, 7) is 7.83. The van der Waals surface area contributed by atoms with Crippen LogP contribution in [0.3, 0.4) is 0 Å². The first-order valence-corrected chi connectivity index (χ1v) is 7.67. The number of piperazine rings is 1. The van der Waals surface area contributed by atoms with Crippen molar-refractivity contribution >= 4 is 0 Å². The third-order valence-electron chi connectivity index (χ3n) is 4.30. The molecule has 1 aromatic carbocycles. The maximum Gasteiger partial charge on any atom is 0.127 e. The zero-order valence-corrected chi connectivity index (χ0v) is 12.7. The van der Waals surface area contributed by atoms with Crippen LogP contribution in [0.2, 0.25) is 0 Å². The molecule has 0 spiro atoms. The van der Waals surface area contributed by atoms with E-state index < -0.39 is 0 Å². The standard InChI is InChI=1S/C16H26FN3O/c1-13(16(18)14-4-2-3-5-15(14)17)12-20-8-6-19(7-9-20)10-11-21/h2-5,13,16,21H,6-12,18H2,1H3. The van der Waals surface area contributed by atoms with Crippen molar-refractivity contribution in [2.24, 2.45) is 11.7 Å². The Morgan fingerprint density at radius 2 is 1.81 bits per heavy atom. The molecule has 1 aliphatic heterocycles. The van der Waals surface area contributed by atoms with Gasteiger partial charge in [0.1, 0.15) is 5.82 Å². The number of rotatable bonds is 6. The van der Waals surface area contributed by atoms with E-state index in [0.29, 0.717) is 5.56 Å². The maximum absolute atomic E-state index is 13.8. The SMILES string of the molecule is CC(CN1CCN(CCO)CC1)C(N)c1ccccc1F. The van der Waals surface area contributed by atoms with Crippen molar-refractivity contribution in [3.8, 4) is 0 Å². The minimum absolute atomic E-state index is 0.200. The summed E-state index contributed by atoms with van der Waals surface area (Å²) in [6, 6.07) is 6.49. The molecule has 1 aliphatic rings. The first-order valence-electron chi connectivity index (χ1n) is 7.67. The van der Waals surface area contributed by atoms with E-state index in [0.717, 1.165) is 39.3 Å². The van der Waals surface area contributed by atoms with Crippen LogP contribution in [0, 0.1) is 11.7 Å². The van der Waals surface area contributed by atoms with Crippen LogP contribution < -0.4 is 5.73 Å². The van der Waals surface area contributed by atoms with E-state index in [4.69, 9.17) is 10.8 Å². The molecule has 1 saturated heterocycles. The lowest BCUT2D eigenvalue weighted by molar-refractivity contribution is 0.1000. The Balaban J connectivity index is 1.85. The molecule has 0 amide bonds. The lowest BCUT2D eigenvalue weighted by Crippen LogP contribution is -2.48. The van der Waals surface area contributed by atoms with Gasteiger partial charge in [0.05, 0.1) is 6.61 Å². The summed E-state index contributed by atoms with van der Waals surface area (Å²) in [7, 11) is 0. The molecular formula is C16H26FN3O. The highest BCUT2D eigenvalue weighted by molar-refractivity contribution is 5.21. The van der Waals surface area contributed by atoms with Gasteiger partial charge < -0.3 is 15.7 Å². The largest absolute Gasteiger partial charge is 0.395 e. The molecule has 2 rings (SSSR count). The van der Waals surface area contributed by atoms with Gasteiger partial charge in [-0.3, -0.25) is 4.90 Å². The summed E-state index contributed by atoms with van der Waals surface area (Å²) in [5.41, 5.74) is 6.82. The number of aliphatic hydroxyl groups is 1. The van der Waals surface area contributed by atoms with Gasteiger partial charge in [0, 0.05) is 50.9 Å². The maximum atomic E-state index is 13.8. The van der Waals surface area contributed by atoms with Gasteiger partial charge in [0.25, 0.3) is 0 Å². The predicted molar refractivity (Wildman–Crippen MR) is 82.5 cm³/mol. The highest BCUT2D eigenvalue weighted by Crippen LogP contribution is 2.23. The Bertz CT molecular complexity index is 435. The first kappa shape index (κ1) is 16.4. The molecule has 0 radical (unpaired) electrons. The number of halogens is 1. The molecule has 0 saturated carbocycles. The molecule has 5 heteroatoms. The summed E-state index contributed by atoms with van der Waals surface area (Å²) >= 11 is 0. The second-order valence-corrected chi connectivity index (χ2v) is 5.89. The Labute approximate surface area is 126 Å². The molecule has 0 aromatic heterocycles. The molecule has 3 N–H and O–H groups in total. The number of aliphatic hydroxyl groups excluding tert-OH is 1. The van der Waals surface area contributed by atoms with Crippen molar-refractivity contribution in [3.63, 3.8) is 0 Å². The highest BCUT2D eigenvalue weighted by Gasteiger charge is 2.23. The van der Waals surface area contributed by atoms with E-state index in [1.807, 2.05) is 6.07 Å². The van der Waals surface area contributed by atoms with Gasteiger partial charge in [-0.25, -0.2) is 4.39 Å². The van der Waals surface area contributed by atoms with E-state index in [2.05, 4.69) is 16.7 Å². The molecule has 2 atom stereocenters. The van der Waals surface area contributed by atoms with Crippen molar-refractivity contribution in [1.29, 1.82) is 0 Å². The van der Waals surface area contributed by atoms with Gasteiger partial charge >= 0.3 is 0 Å². The minimum atomic E-state index is -0.276. The molecule has 1 heterocycles. The Morgan fingerprint density at radius 1 is 1.19 bits per heavy atom. The quantitative estimate of drug-likeness (QED) is 0.824. The van der Waals surface area contributed by atoms with Gasteiger partial charge in [-0.1, -0.05) is 25.1 Å². The van der Waals surface area contributed by atoms with Crippen LogP contribution in [0.4, 0.5) is 4.39 Å². The van der Waals surface area contributed by atoms with E-state index in [9.17, 15) is 4.39 Å². The number of nitrogens with zero attached hydrogens (tertiary/aromatic N) is 2. The van der Waals surface area contributed by atoms with Crippen LogP contribution in [-0.2, 0) is 0 Å². The number of β-amino-alcohol motifs (C(OH)–C–C–N with tert-alkyl or cyclic N) is 1. The lowest BCUT2D eigenvalue weighted by Gasteiger charge is -2.36. The topological polar surface area (TPSA) is 52.7 Å². The van der Waals surface area contributed by atoms with Crippen LogP contribution in [0.1, 0.15) is 18.5 Å². The van der Waals surface area contributed by atoms with Crippen molar-refractivity contribution in [2.75, 3.05) is 45.9 Å². The van der Waals surface area contributed by atoms with E-state index in [1.54, 1.807) is 12.1 Å². The molecule has 0 bridgehead atoms. The second-order valence-electron chi connectivity index (χ2n) is 5.89. The molecule has 0 aliphatic carbocycles. The lowest BCUT2D eigenvalue weighted by atomic mass is 9.94. The molecule has 1 fully saturated rings.